The van der Waals surface area contributed by atoms with Gasteiger partial charge in [0.25, 0.3) is 0 Å². The zero-order chi connectivity index (χ0) is 13.9. The molecule has 2 aromatic carbocycles. The Morgan fingerprint density at radius 1 is 1.25 bits per heavy atom. The van der Waals surface area contributed by atoms with E-state index in [2.05, 4.69) is 6.58 Å². The number of aliphatic hydroxyl groups is 1. The average molecular weight is 268 g/mol. The number of aliphatic hydroxyl groups excluding tert-OH is 1. The molecular formula is C17H16O3. The Balaban J connectivity index is 2.10. The lowest BCUT2D eigenvalue weighted by Crippen LogP contribution is -2.06. The van der Waals surface area contributed by atoms with Crippen molar-refractivity contribution in [2.24, 2.45) is 0 Å². The fourth-order valence-corrected chi connectivity index (χ4v) is 2.45. The fraction of sp³-hybridized carbons (Fsp3) is 0.176. The maximum atomic E-state index is 10.7. The first-order valence-electron chi connectivity index (χ1n) is 6.56. The molecule has 0 aromatic heterocycles. The first-order chi connectivity index (χ1) is 9.81. The Hall–Kier alpha value is -2.26. The average Bonchev–Trinajstić information content (AvgIpc) is 2.64. The Morgan fingerprint density at radius 2 is 2.10 bits per heavy atom. The van der Waals surface area contributed by atoms with E-state index in [4.69, 9.17) is 9.47 Å². The minimum atomic E-state index is -0.746. The standard InChI is InChI=1S/C17H16O3/c1-2-10-19-15-9-5-6-12-11-20-14-8-4-3-7-13(14)17(18)16(12)15/h2-9,17-18H,1,10-11H2. The Kier molecular flexibility index (Phi) is 3.44. The van der Waals surface area contributed by atoms with Gasteiger partial charge in [0.15, 0.2) is 0 Å². The van der Waals surface area contributed by atoms with Crippen molar-refractivity contribution in [3.8, 4) is 11.5 Å². The van der Waals surface area contributed by atoms with Gasteiger partial charge < -0.3 is 14.6 Å². The minimum Gasteiger partial charge on any atom is -0.489 e. The van der Waals surface area contributed by atoms with E-state index in [0.29, 0.717) is 24.7 Å². The summed E-state index contributed by atoms with van der Waals surface area (Å²) in [4.78, 5) is 0. The van der Waals surface area contributed by atoms with Gasteiger partial charge in [0.05, 0.1) is 0 Å². The first kappa shape index (κ1) is 12.8. The maximum absolute atomic E-state index is 10.7. The second kappa shape index (κ2) is 5.39. The predicted octanol–water partition coefficient (Wildman–Crippen LogP) is 3.23. The molecule has 3 nitrogen and oxygen atoms in total. The van der Waals surface area contributed by atoms with Crippen molar-refractivity contribution < 1.29 is 14.6 Å². The number of hydrogen-bond donors (Lipinski definition) is 1. The van der Waals surface area contributed by atoms with Gasteiger partial charge in [-0.15, -0.1) is 0 Å². The van der Waals surface area contributed by atoms with Crippen molar-refractivity contribution in [2.75, 3.05) is 6.61 Å². The highest BCUT2D eigenvalue weighted by atomic mass is 16.5. The zero-order valence-corrected chi connectivity index (χ0v) is 11.1. The molecule has 1 N–H and O–H groups in total. The summed E-state index contributed by atoms with van der Waals surface area (Å²) in [5.74, 6) is 1.39. The van der Waals surface area contributed by atoms with Gasteiger partial charge in [0.1, 0.15) is 30.8 Å². The van der Waals surface area contributed by atoms with Crippen LogP contribution in [0.5, 0.6) is 11.5 Å². The van der Waals surface area contributed by atoms with Gasteiger partial charge in [-0.2, -0.15) is 0 Å². The number of benzene rings is 2. The van der Waals surface area contributed by atoms with Crippen molar-refractivity contribution in [1.29, 1.82) is 0 Å². The van der Waals surface area contributed by atoms with E-state index in [-0.39, 0.29) is 0 Å². The number of rotatable bonds is 3. The molecule has 102 valence electrons. The lowest BCUT2D eigenvalue weighted by molar-refractivity contribution is 0.211. The normalized spacial score (nSPS) is 16.4. The van der Waals surface area contributed by atoms with Crippen LogP contribution in [0.3, 0.4) is 0 Å². The molecule has 0 amide bonds. The maximum Gasteiger partial charge on any atom is 0.126 e. The van der Waals surface area contributed by atoms with Crippen molar-refractivity contribution in [3.63, 3.8) is 0 Å². The molecule has 1 unspecified atom stereocenters. The van der Waals surface area contributed by atoms with Gasteiger partial charge in [0, 0.05) is 11.1 Å². The summed E-state index contributed by atoms with van der Waals surface area (Å²) < 4.78 is 11.4. The summed E-state index contributed by atoms with van der Waals surface area (Å²) in [6.07, 6.45) is 0.942. The SMILES string of the molecule is C=CCOc1cccc2c1C(O)c1ccccc1OC2. The molecule has 0 fully saturated rings. The highest BCUT2D eigenvalue weighted by Crippen LogP contribution is 2.39. The van der Waals surface area contributed by atoms with Crippen molar-refractivity contribution in [2.45, 2.75) is 12.7 Å². The Bertz CT molecular complexity index is 634. The van der Waals surface area contributed by atoms with E-state index in [1.54, 1.807) is 6.08 Å². The first-order valence-corrected chi connectivity index (χ1v) is 6.56. The smallest absolute Gasteiger partial charge is 0.126 e. The van der Waals surface area contributed by atoms with E-state index in [1.807, 2.05) is 42.5 Å². The molecule has 1 atom stereocenters. The van der Waals surface area contributed by atoms with E-state index in [0.717, 1.165) is 16.7 Å². The third kappa shape index (κ3) is 2.17. The predicted molar refractivity (Wildman–Crippen MR) is 77.0 cm³/mol. The zero-order valence-electron chi connectivity index (χ0n) is 11.1. The third-order valence-corrected chi connectivity index (χ3v) is 3.38. The molecule has 3 rings (SSSR count). The Morgan fingerprint density at radius 3 is 2.95 bits per heavy atom. The fourth-order valence-electron chi connectivity index (χ4n) is 2.45. The second-order valence-electron chi connectivity index (χ2n) is 4.66. The Labute approximate surface area is 118 Å². The van der Waals surface area contributed by atoms with Crippen molar-refractivity contribution in [1.82, 2.24) is 0 Å². The topological polar surface area (TPSA) is 38.7 Å². The monoisotopic (exact) mass is 268 g/mol. The van der Waals surface area contributed by atoms with Gasteiger partial charge in [-0.1, -0.05) is 43.0 Å². The minimum absolute atomic E-state index is 0.408. The van der Waals surface area contributed by atoms with Gasteiger partial charge in [-0.25, -0.2) is 0 Å². The van der Waals surface area contributed by atoms with Gasteiger partial charge >= 0.3 is 0 Å². The molecule has 0 aliphatic carbocycles. The number of hydrogen-bond acceptors (Lipinski definition) is 3. The van der Waals surface area contributed by atoms with E-state index in [1.165, 1.54) is 0 Å². The van der Waals surface area contributed by atoms with Crippen LogP contribution < -0.4 is 9.47 Å². The number of para-hydroxylation sites is 1. The molecular weight excluding hydrogens is 252 g/mol. The van der Waals surface area contributed by atoms with Crippen LogP contribution in [0.1, 0.15) is 22.8 Å². The molecule has 0 radical (unpaired) electrons. The molecule has 1 aliphatic heterocycles. The lowest BCUT2D eigenvalue weighted by atomic mass is 9.96. The second-order valence-corrected chi connectivity index (χ2v) is 4.66. The summed E-state index contributed by atoms with van der Waals surface area (Å²) >= 11 is 0. The molecule has 0 saturated carbocycles. The molecule has 1 heterocycles. The van der Waals surface area contributed by atoms with Crippen LogP contribution in [-0.2, 0) is 6.61 Å². The molecule has 0 spiro atoms. The summed E-state index contributed by atoms with van der Waals surface area (Å²) in [5, 5.41) is 10.7. The van der Waals surface area contributed by atoms with Crippen LogP contribution in [-0.4, -0.2) is 11.7 Å². The van der Waals surface area contributed by atoms with Crippen LogP contribution in [0, 0.1) is 0 Å². The quantitative estimate of drug-likeness (QED) is 0.869. The highest BCUT2D eigenvalue weighted by molar-refractivity contribution is 5.50. The summed E-state index contributed by atoms with van der Waals surface area (Å²) in [6, 6.07) is 13.3. The molecule has 1 aliphatic rings. The van der Waals surface area contributed by atoms with Crippen LogP contribution in [0.25, 0.3) is 0 Å². The van der Waals surface area contributed by atoms with Gasteiger partial charge in [-0.05, 0) is 17.7 Å². The summed E-state index contributed by atoms with van der Waals surface area (Å²) in [7, 11) is 0. The molecule has 0 saturated heterocycles. The summed E-state index contributed by atoms with van der Waals surface area (Å²) in [6.45, 7) is 4.48. The van der Waals surface area contributed by atoms with Crippen LogP contribution in [0.4, 0.5) is 0 Å². The van der Waals surface area contributed by atoms with E-state index >= 15 is 0 Å². The highest BCUT2D eigenvalue weighted by Gasteiger charge is 2.25. The van der Waals surface area contributed by atoms with Crippen molar-refractivity contribution >= 4 is 0 Å². The molecule has 0 bridgehead atoms. The van der Waals surface area contributed by atoms with Crippen LogP contribution >= 0.6 is 0 Å². The third-order valence-electron chi connectivity index (χ3n) is 3.38. The van der Waals surface area contributed by atoms with E-state index in [9.17, 15) is 5.11 Å². The summed E-state index contributed by atoms with van der Waals surface area (Å²) in [5.41, 5.74) is 2.48. The van der Waals surface area contributed by atoms with Crippen LogP contribution in [0.15, 0.2) is 55.1 Å². The van der Waals surface area contributed by atoms with E-state index < -0.39 is 6.10 Å². The largest absolute Gasteiger partial charge is 0.489 e. The lowest BCUT2D eigenvalue weighted by Gasteiger charge is -2.17. The number of fused-ring (bicyclic) bond motifs is 2. The molecule has 2 aromatic rings. The molecule has 3 heteroatoms. The molecule has 20 heavy (non-hydrogen) atoms. The number of ether oxygens (including phenoxy) is 2. The van der Waals surface area contributed by atoms with Gasteiger partial charge in [0.2, 0.25) is 0 Å². The van der Waals surface area contributed by atoms with Gasteiger partial charge in [-0.3, -0.25) is 0 Å². The van der Waals surface area contributed by atoms with Crippen molar-refractivity contribution in [3.05, 3.63) is 71.8 Å². The van der Waals surface area contributed by atoms with Crippen LogP contribution in [0.2, 0.25) is 0 Å².